The molecule has 0 bridgehead atoms. The topological polar surface area (TPSA) is 60.9 Å². The summed E-state index contributed by atoms with van der Waals surface area (Å²) in [4.78, 5) is 27.8. The molecule has 1 N–H and O–H groups in total. The average Bonchev–Trinajstić information content (AvgIpc) is 2.85. The molecule has 2 aromatic carbocycles. The molecule has 2 amide bonds. The fourth-order valence-corrected chi connectivity index (χ4v) is 3.15. The van der Waals surface area contributed by atoms with Crippen molar-refractivity contribution >= 4 is 23.2 Å². The minimum Gasteiger partial charge on any atom is -0.391 e. The van der Waals surface area contributed by atoms with Crippen molar-refractivity contribution in [1.82, 2.24) is 0 Å². The van der Waals surface area contributed by atoms with Gasteiger partial charge in [0.1, 0.15) is 0 Å². The lowest BCUT2D eigenvalue weighted by Crippen LogP contribution is -2.36. The largest absolute Gasteiger partial charge is 0.391 e. The zero-order valence-electron chi connectivity index (χ0n) is 14.8. The third-order valence-corrected chi connectivity index (χ3v) is 4.67. The van der Waals surface area contributed by atoms with Crippen LogP contribution in [0.15, 0.2) is 61.2 Å². The number of rotatable bonds is 3. The summed E-state index contributed by atoms with van der Waals surface area (Å²) >= 11 is 0. The number of fused-ring (bicyclic) bond motifs is 1. The van der Waals surface area contributed by atoms with Gasteiger partial charge in [0.25, 0.3) is 5.91 Å². The van der Waals surface area contributed by atoms with E-state index in [0.29, 0.717) is 17.7 Å². The van der Waals surface area contributed by atoms with E-state index in [2.05, 4.69) is 6.58 Å². The number of hydrogen-bond donors (Lipinski definition) is 1. The maximum Gasteiger partial charge on any atom is 0.258 e. The number of aliphatic hydroxyl groups excluding tert-OH is 1. The Labute approximate surface area is 153 Å². The fourth-order valence-electron chi connectivity index (χ4n) is 3.15. The maximum atomic E-state index is 13.1. The molecule has 2 aromatic rings. The van der Waals surface area contributed by atoms with Gasteiger partial charge in [0, 0.05) is 24.0 Å². The van der Waals surface area contributed by atoms with Crippen LogP contribution >= 0.6 is 0 Å². The highest BCUT2D eigenvalue weighted by Gasteiger charge is 2.26. The molecular weight excluding hydrogens is 328 g/mol. The highest BCUT2D eigenvalue weighted by molar-refractivity contribution is 6.07. The minimum absolute atomic E-state index is 0.164. The van der Waals surface area contributed by atoms with Crippen molar-refractivity contribution < 1.29 is 14.7 Å². The zero-order chi connectivity index (χ0) is 18.7. The van der Waals surface area contributed by atoms with Gasteiger partial charge in [-0.05, 0) is 54.8 Å². The third kappa shape index (κ3) is 3.53. The molecule has 0 spiro atoms. The van der Waals surface area contributed by atoms with E-state index in [0.717, 1.165) is 17.7 Å². The molecule has 1 atom stereocenters. The van der Waals surface area contributed by atoms with Crippen LogP contribution in [0.3, 0.4) is 0 Å². The highest BCUT2D eigenvalue weighted by Crippen LogP contribution is 2.28. The lowest BCUT2D eigenvalue weighted by molar-refractivity contribution is -0.113. The zero-order valence-corrected chi connectivity index (χ0v) is 14.8. The first kappa shape index (κ1) is 17.9. The quantitative estimate of drug-likeness (QED) is 0.866. The normalized spacial score (nSPS) is 16.4. The molecule has 1 unspecified atom stereocenters. The minimum atomic E-state index is -0.554. The summed E-state index contributed by atoms with van der Waals surface area (Å²) in [6, 6.07) is 14.6. The van der Waals surface area contributed by atoms with Crippen molar-refractivity contribution in [3.63, 3.8) is 0 Å². The van der Waals surface area contributed by atoms with E-state index in [4.69, 9.17) is 0 Å². The number of amides is 2. The lowest BCUT2D eigenvalue weighted by atomic mass is 10.1. The van der Waals surface area contributed by atoms with Gasteiger partial charge in [-0.15, -0.1) is 0 Å². The number of nitrogens with zero attached hydrogens (tertiary/aromatic N) is 2. The van der Waals surface area contributed by atoms with Crippen molar-refractivity contribution in [2.45, 2.75) is 18.9 Å². The third-order valence-electron chi connectivity index (χ3n) is 4.67. The molecule has 0 radical (unpaired) electrons. The smallest absolute Gasteiger partial charge is 0.258 e. The molecule has 0 aromatic heterocycles. The van der Waals surface area contributed by atoms with Crippen LogP contribution in [0.4, 0.5) is 11.4 Å². The molecular formula is C21H22N2O3. The summed E-state index contributed by atoms with van der Waals surface area (Å²) in [5.74, 6) is -0.378. The van der Waals surface area contributed by atoms with E-state index in [1.165, 1.54) is 11.0 Å². The Kier molecular flexibility index (Phi) is 5.19. The summed E-state index contributed by atoms with van der Waals surface area (Å²) < 4.78 is 0. The number of benzene rings is 2. The summed E-state index contributed by atoms with van der Waals surface area (Å²) in [7, 11) is 1.66. The molecule has 5 heteroatoms. The lowest BCUT2D eigenvalue weighted by Gasteiger charge is -2.24. The molecule has 0 saturated carbocycles. The predicted molar refractivity (Wildman–Crippen MR) is 102 cm³/mol. The first-order chi connectivity index (χ1) is 12.5. The van der Waals surface area contributed by atoms with Gasteiger partial charge < -0.3 is 14.9 Å². The van der Waals surface area contributed by atoms with Gasteiger partial charge >= 0.3 is 0 Å². The van der Waals surface area contributed by atoms with Crippen LogP contribution in [0.25, 0.3) is 0 Å². The SMILES string of the molecule is C=CC(=O)N(C)c1ccc(C(=O)N2CC(O)CCc3ccccc32)cc1. The van der Waals surface area contributed by atoms with Crippen LogP contribution in [0, 0.1) is 0 Å². The Hall–Kier alpha value is -2.92. The Morgan fingerprint density at radius 3 is 2.58 bits per heavy atom. The van der Waals surface area contributed by atoms with Crippen LogP contribution in [0.1, 0.15) is 22.3 Å². The van der Waals surface area contributed by atoms with Gasteiger partial charge in [-0.1, -0.05) is 24.8 Å². The van der Waals surface area contributed by atoms with Crippen molar-refractivity contribution in [3.05, 3.63) is 72.3 Å². The van der Waals surface area contributed by atoms with Gasteiger partial charge in [0.15, 0.2) is 0 Å². The number of β-amino-alcohol motifs (C(OH)–C–C–N with tert-alkyl or cyclic N) is 1. The number of anilines is 2. The number of hydrogen-bond acceptors (Lipinski definition) is 3. The van der Waals surface area contributed by atoms with Crippen LogP contribution < -0.4 is 9.80 Å². The van der Waals surface area contributed by atoms with Gasteiger partial charge in [-0.25, -0.2) is 0 Å². The van der Waals surface area contributed by atoms with Crippen LogP contribution in [0.5, 0.6) is 0 Å². The van der Waals surface area contributed by atoms with E-state index in [-0.39, 0.29) is 18.4 Å². The predicted octanol–water partition coefficient (Wildman–Crippen LogP) is 2.79. The maximum absolute atomic E-state index is 13.1. The Balaban J connectivity index is 1.89. The van der Waals surface area contributed by atoms with Crippen molar-refractivity contribution in [2.75, 3.05) is 23.4 Å². The standard InChI is InChI=1S/C21H22N2O3/c1-3-20(25)22(2)17-11-8-16(9-12-17)21(26)23-14-18(24)13-10-15-6-4-5-7-19(15)23/h3-9,11-12,18,24H,1,10,13-14H2,2H3. The Morgan fingerprint density at radius 2 is 1.88 bits per heavy atom. The summed E-state index contributed by atoms with van der Waals surface area (Å²) in [5.41, 5.74) is 3.10. The second-order valence-corrected chi connectivity index (χ2v) is 6.39. The molecule has 0 aliphatic carbocycles. The number of aryl methyl sites for hydroxylation is 1. The van der Waals surface area contributed by atoms with Gasteiger partial charge in [-0.3, -0.25) is 9.59 Å². The van der Waals surface area contributed by atoms with Gasteiger partial charge in [-0.2, -0.15) is 0 Å². The highest BCUT2D eigenvalue weighted by atomic mass is 16.3. The first-order valence-corrected chi connectivity index (χ1v) is 8.59. The second kappa shape index (κ2) is 7.54. The summed E-state index contributed by atoms with van der Waals surface area (Å²) in [6.07, 6.45) is 2.07. The molecule has 5 nitrogen and oxygen atoms in total. The number of para-hydroxylation sites is 1. The first-order valence-electron chi connectivity index (χ1n) is 8.59. The number of carbonyl (C=O) groups is 2. The van der Waals surface area contributed by atoms with Crippen LogP contribution in [0.2, 0.25) is 0 Å². The summed E-state index contributed by atoms with van der Waals surface area (Å²) in [5, 5.41) is 10.2. The number of aliphatic hydroxyl groups is 1. The molecule has 1 aliphatic rings. The molecule has 3 rings (SSSR count). The van der Waals surface area contributed by atoms with Gasteiger partial charge in [0.2, 0.25) is 5.91 Å². The Bertz CT molecular complexity index is 829. The van der Waals surface area contributed by atoms with Crippen molar-refractivity contribution in [3.8, 4) is 0 Å². The average molecular weight is 350 g/mol. The van der Waals surface area contributed by atoms with E-state index < -0.39 is 6.10 Å². The van der Waals surface area contributed by atoms with Crippen molar-refractivity contribution in [2.24, 2.45) is 0 Å². The molecule has 1 heterocycles. The van der Waals surface area contributed by atoms with Crippen LogP contribution in [-0.2, 0) is 11.2 Å². The second-order valence-electron chi connectivity index (χ2n) is 6.39. The monoisotopic (exact) mass is 350 g/mol. The van der Waals surface area contributed by atoms with Crippen molar-refractivity contribution in [1.29, 1.82) is 0 Å². The van der Waals surface area contributed by atoms with Gasteiger partial charge in [0.05, 0.1) is 12.6 Å². The Morgan fingerprint density at radius 1 is 1.19 bits per heavy atom. The molecule has 0 saturated heterocycles. The number of carbonyl (C=O) groups excluding carboxylic acids is 2. The fraction of sp³-hybridized carbons (Fsp3) is 0.238. The van der Waals surface area contributed by atoms with Crippen LogP contribution in [-0.4, -0.2) is 36.6 Å². The van der Waals surface area contributed by atoms with E-state index in [1.54, 1.807) is 36.2 Å². The van der Waals surface area contributed by atoms with E-state index in [9.17, 15) is 14.7 Å². The summed E-state index contributed by atoms with van der Waals surface area (Å²) in [6.45, 7) is 3.75. The molecule has 134 valence electrons. The molecule has 0 fully saturated rings. The molecule has 26 heavy (non-hydrogen) atoms. The molecule has 1 aliphatic heterocycles. The number of likely N-dealkylation sites (N-methyl/N-ethyl adjacent to an activating group) is 1. The van der Waals surface area contributed by atoms with E-state index >= 15 is 0 Å². The van der Waals surface area contributed by atoms with E-state index in [1.807, 2.05) is 24.3 Å².